The van der Waals surface area contributed by atoms with Crippen LogP contribution in [0.2, 0.25) is 5.02 Å². The van der Waals surface area contributed by atoms with E-state index in [9.17, 15) is 8.42 Å². The third-order valence-electron chi connectivity index (χ3n) is 2.43. The fraction of sp³-hybridized carbons (Fsp3) is 0.462. The van der Waals surface area contributed by atoms with Crippen LogP contribution < -0.4 is 15.4 Å². The molecule has 1 rings (SSSR count). The van der Waals surface area contributed by atoms with Crippen LogP contribution in [-0.2, 0) is 16.6 Å². The number of halogens is 2. The van der Waals surface area contributed by atoms with Crippen molar-refractivity contribution in [2.24, 2.45) is 4.99 Å². The van der Waals surface area contributed by atoms with Crippen LogP contribution in [-0.4, -0.2) is 40.3 Å². The third kappa shape index (κ3) is 10.2. The Kier molecular flexibility index (Phi) is 10.7. The number of benzene rings is 1. The maximum absolute atomic E-state index is 10.9. The number of sulfonamides is 1. The van der Waals surface area contributed by atoms with Gasteiger partial charge in [-0.25, -0.2) is 18.1 Å². The topological polar surface area (TPSA) is 82.6 Å². The zero-order valence-corrected chi connectivity index (χ0v) is 16.5. The molecule has 1 aromatic rings. The lowest BCUT2D eigenvalue weighted by atomic mass is 10.2. The van der Waals surface area contributed by atoms with Gasteiger partial charge in [-0.3, -0.25) is 0 Å². The molecule has 0 aliphatic rings. The molecule has 0 saturated carbocycles. The van der Waals surface area contributed by atoms with Gasteiger partial charge in [0.05, 0.1) is 12.8 Å². The normalized spacial score (nSPS) is 11.7. The second-order valence-electron chi connectivity index (χ2n) is 4.42. The summed E-state index contributed by atoms with van der Waals surface area (Å²) < 4.78 is 24.3. The number of nitrogens with zero attached hydrogens (tertiary/aromatic N) is 1. The van der Waals surface area contributed by atoms with E-state index in [1.54, 1.807) is 0 Å². The molecule has 126 valence electrons. The highest BCUT2D eigenvalue weighted by atomic mass is 127. The van der Waals surface area contributed by atoms with Gasteiger partial charge in [0.15, 0.2) is 5.96 Å². The second kappa shape index (κ2) is 11.0. The van der Waals surface area contributed by atoms with Gasteiger partial charge in [0.1, 0.15) is 0 Å². The predicted octanol–water partition coefficient (Wildman–Crippen LogP) is 1.56. The molecular weight excluding hydrogens is 439 g/mol. The summed E-state index contributed by atoms with van der Waals surface area (Å²) in [6.45, 7) is 3.94. The van der Waals surface area contributed by atoms with E-state index in [-0.39, 0.29) is 24.0 Å². The molecule has 0 heterocycles. The van der Waals surface area contributed by atoms with Crippen molar-refractivity contribution in [1.29, 1.82) is 0 Å². The van der Waals surface area contributed by atoms with Gasteiger partial charge in [0.2, 0.25) is 10.0 Å². The Labute approximate surface area is 154 Å². The molecule has 0 radical (unpaired) electrons. The van der Waals surface area contributed by atoms with E-state index in [4.69, 9.17) is 11.6 Å². The van der Waals surface area contributed by atoms with Gasteiger partial charge in [-0.2, -0.15) is 0 Å². The van der Waals surface area contributed by atoms with Crippen molar-refractivity contribution in [1.82, 2.24) is 15.4 Å². The first-order valence-electron chi connectivity index (χ1n) is 6.62. The molecule has 0 aliphatic heterocycles. The van der Waals surface area contributed by atoms with Crippen molar-refractivity contribution in [3.8, 4) is 0 Å². The van der Waals surface area contributed by atoms with Gasteiger partial charge in [-0.1, -0.05) is 23.7 Å². The minimum Gasteiger partial charge on any atom is -0.357 e. The summed E-state index contributed by atoms with van der Waals surface area (Å²) in [6.07, 6.45) is 1.13. The van der Waals surface area contributed by atoms with Crippen LogP contribution in [0.15, 0.2) is 29.3 Å². The van der Waals surface area contributed by atoms with Gasteiger partial charge in [0, 0.05) is 24.7 Å². The van der Waals surface area contributed by atoms with Gasteiger partial charge in [0.25, 0.3) is 0 Å². The molecule has 0 unspecified atom stereocenters. The molecule has 0 atom stereocenters. The zero-order valence-electron chi connectivity index (χ0n) is 12.6. The highest BCUT2D eigenvalue weighted by molar-refractivity contribution is 14.0. The van der Waals surface area contributed by atoms with Gasteiger partial charge in [-0.15, -0.1) is 24.0 Å². The van der Waals surface area contributed by atoms with E-state index >= 15 is 0 Å². The Balaban J connectivity index is 0.00000441. The monoisotopic (exact) mass is 460 g/mol. The van der Waals surface area contributed by atoms with Crippen molar-refractivity contribution in [3.63, 3.8) is 0 Å². The smallest absolute Gasteiger partial charge is 0.208 e. The van der Waals surface area contributed by atoms with Crippen LogP contribution in [0.3, 0.4) is 0 Å². The van der Waals surface area contributed by atoms with Crippen LogP contribution in [0.5, 0.6) is 0 Å². The van der Waals surface area contributed by atoms with E-state index in [0.717, 1.165) is 18.4 Å². The number of hydrogen-bond acceptors (Lipinski definition) is 3. The number of hydrogen-bond donors (Lipinski definition) is 3. The molecule has 0 saturated heterocycles. The molecule has 9 heteroatoms. The summed E-state index contributed by atoms with van der Waals surface area (Å²) in [4.78, 5) is 4.42. The van der Waals surface area contributed by atoms with Crippen LogP contribution in [0, 0.1) is 0 Å². The van der Waals surface area contributed by atoms with Crippen molar-refractivity contribution in [2.75, 3.05) is 25.9 Å². The summed E-state index contributed by atoms with van der Waals surface area (Å²) in [5.41, 5.74) is 1.01. The molecule has 6 nitrogen and oxygen atoms in total. The lowest BCUT2D eigenvalue weighted by Crippen LogP contribution is -2.41. The van der Waals surface area contributed by atoms with Crippen LogP contribution >= 0.6 is 35.6 Å². The van der Waals surface area contributed by atoms with E-state index in [1.165, 1.54) is 0 Å². The zero-order chi connectivity index (χ0) is 15.7. The largest absolute Gasteiger partial charge is 0.357 e. The Bertz CT molecular complexity index is 581. The molecule has 0 fully saturated rings. The average Bonchev–Trinajstić information content (AvgIpc) is 2.39. The number of rotatable bonds is 7. The number of nitrogens with one attached hydrogen (secondary N) is 3. The first-order valence-corrected chi connectivity index (χ1v) is 8.89. The van der Waals surface area contributed by atoms with E-state index in [0.29, 0.717) is 30.6 Å². The van der Waals surface area contributed by atoms with E-state index in [2.05, 4.69) is 20.3 Å². The molecule has 1 aromatic carbocycles. The first kappa shape index (κ1) is 21.4. The molecule has 0 amide bonds. The van der Waals surface area contributed by atoms with Crippen molar-refractivity contribution in [3.05, 3.63) is 34.9 Å². The summed E-state index contributed by atoms with van der Waals surface area (Å²) >= 11 is 5.92. The molecular formula is C13H22ClIN4O2S. The van der Waals surface area contributed by atoms with Gasteiger partial charge >= 0.3 is 0 Å². The Morgan fingerprint density at radius 2 is 2.00 bits per heavy atom. The summed E-state index contributed by atoms with van der Waals surface area (Å²) in [5, 5.41) is 6.83. The first-order chi connectivity index (χ1) is 9.90. The quantitative estimate of drug-likeness (QED) is 0.250. The van der Waals surface area contributed by atoms with Crippen LogP contribution in [0.25, 0.3) is 0 Å². The van der Waals surface area contributed by atoms with Crippen LogP contribution in [0.4, 0.5) is 0 Å². The Hall–Kier alpha value is -0.580. The lowest BCUT2D eigenvalue weighted by molar-refractivity contribution is 0.586. The molecule has 0 aliphatic carbocycles. The van der Waals surface area contributed by atoms with Crippen LogP contribution in [0.1, 0.15) is 12.5 Å². The van der Waals surface area contributed by atoms with E-state index in [1.807, 2.05) is 31.2 Å². The number of guanidine groups is 1. The summed E-state index contributed by atoms with van der Waals surface area (Å²) in [6, 6.07) is 7.50. The standard InChI is InChI=1S/C13H21ClN4O2S.HI/c1-3-15-13(16-7-8-18-21(2,19)20)17-10-11-5-4-6-12(14)9-11;/h4-6,9,18H,3,7-8,10H2,1-2H3,(H2,15,16,17);1H. The number of aliphatic imine (C=N–C) groups is 1. The highest BCUT2D eigenvalue weighted by Gasteiger charge is 2.01. The lowest BCUT2D eigenvalue weighted by Gasteiger charge is -2.11. The Morgan fingerprint density at radius 1 is 1.27 bits per heavy atom. The van der Waals surface area contributed by atoms with Crippen molar-refractivity contribution >= 4 is 51.6 Å². The second-order valence-corrected chi connectivity index (χ2v) is 6.69. The maximum atomic E-state index is 10.9. The molecule has 3 N–H and O–H groups in total. The maximum Gasteiger partial charge on any atom is 0.208 e. The highest BCUT2D eigenvalue weighted by Crippen LogP contribution is 2.11. The third-order valence-corrected chi connectivity index (χ3v) is 3.40. The average molecular weight is 461 g/mol. The molecule has 22 heavy (non-hydrogen) atoms. The van der Waals surface area contributed by atoms with Gasteiger partial charge < -0.3 is 10.6 Å². The fourth-order valence-electron chi connectivity index (χ4n) is 1.56. The molecule has 0 spiro atoms. The predicted molar refractivity (Wildman–Crippen MR) is 103 cm³/mol. The van der Waals surface area contributed by atoms with Gasteiger partial charge in [-0.05, 0) is 24.6 Å². The van der Waals surface area contributed by atoms with E-state index < -0.39 is 10.0 Å². The Morgan fingerprint density at radius 3 is 2.59 bits per heavy atom. The van der Waals surface area contributed by atoms with Crippen molar-refractivity contribution < 1.29 is 8.42 Å². The molecule has 0 aromatic heterocycles. The van der Waals surface area contributed by atoms with Crippen molar-refractivity contribution in [2.45, 2.75) is 13.5 Å². The fourth-order valence-corrected chi connectivity index (χ4v) is 2.25. The minimum atomic E-state index is -3.16. The summed E-state index contributed by atoms with van der Waals surface area (Å²) in [7, 11) is -3.16. The minimum absolute atomic E-state index is 0. The SMILES string of the molecule is CCNC(=NCc1cccc(Cl)c1)NCCNS(C)(=O)=O.I. The summed E-state index contributed by atoms with van der Waals surface area (Å²) in [5.74, 6) is 0.632. The molecule has 0 bridgehead atoms.